The average molecular weight is 484 g/mol. The van der Waals surface area contributed by atoms with Crippen LogP contribution in [0.5, 0.6) is 0 Å². The molecule has 1 fully saturated rings. The lowest BCUT2D eigenvalue weighted by atomic mass is 9.96. The van der Waals surface area contributed by atoms with Gasteiger partial charge >= 0.3 is 0 Å². The monoisotopic (exact) mass is 483 g/mol. The summed E-state index contributed by atoms with van der Waals surface area (Å²) in [5.74, 6) is 1.25. The molecule has 0 bridgehead atoms. The third-order valence-electron chi connectivity index (χ3n) is 6.39. The minimum absolute atomic E-state index is 0.0377. The molecule has 1 saturated heterocycles. The van der Waals surface area contributed by atoms with Crippen molar-refractivity contribution in [2.45, 2.75) is 19.4 Å². The Bertz CT molecular complexity index is 1280. The first kappa shape index (κ1) is 23.6. The Balaban J connectivity index is 1.19. The lowest BCUT2D eigenvalue weighted by Crippen LogP contribution is -2.43. The van der Waals surface area contributed by atoms with Crippen LogP contribution in [0.3, 0.4) is 0 Å². The Hall–Kier alpha value is -4.17. The standard InChI is InChI=1S/C28H29N5O3/c34-27(20-32-15-13-22(14-16-32)28(35)29-19-24-12-7-17-36-24)30-26-18-25(21-8-3-1-4-9-21)31-33(26)23-10-5-2-6-11-23/h1-12,17-18,22H,13-16,19-20H2,(H,29,35)(H,30,34). The molecule has 1 aliphatic heterocycles. The molecular weight excluding hydrogens is 454 g/mol. The number of likely N-dealkylation sites (tertiary alicyclic amines) is 1. The van der Waals surface area contributed by atoms with Crippen molar-refractivity contribution in [1.82, 2.24) is 20.0 Å². The van der Waals surface area contributed by atoms with Crippen LogP contribution in [0.2, 0.25) is 0 Å². The quantitative estimate of drug-likeness (QED) is 0.394. The number of furan rings is 1. The maximum atomic E-state index is 13.0. The molecule has 2 amide bonds. The fourth-order valence-corrected chi connectivity index (χ4v) is 4.46. The molecule has 8 heteroatoms. The second-order valence-electron chi connectivity index (χ2n) is 8.92. The predicted octanol–water partition coefficient (Wildman–Crippen LogP) is 4.10. The van der Waals surface area contributed by atoms with Gasteiger partial charge in [-0.2, -0.15) is 5.10 Å². The van der Waals surface area contributed by atoms with Gasteiger partial charge in [-0.1, -0.05) is 48.5 Å². The maximum absolute atomic E-state index is 13.0. The first-order chi connectivity index (χ1) is 17.7. The molecular formula is C28H29N5O3. The van der Waals surface area contributed by atoms with E-state index in [1.807, 2.05) is 72.8 Å². The van der Waals surface area contributed by atoms with E-state index in [4.69, 9.17) is 9.52 Å². The molecule has 5 rings (SSSR count). The molecule has 2 aromatic carbocycles. The Morgan fingerprint density at radius 2 is 1.67 bits per heavy atom. The molecule has 0 radical (unpaired) electrons. The fraction of sp³-hybridized carbons (Fsp3) is 0.250. The van der Waals surface area contributed by atoms with Gasteiger partial charge in [-0.3, -0.25) is 14.5 Å². The van der Waals surface area contributed by atoms with Crippen LogP contribution in [-0.2, 0) is 16.1 Å². The van der Waals surface area contributed by atoms with Gasteiger partial charge in [-0.25, -0.2) is 4.68 Å². The van der Waals surface area contributed by atoms with Gasteiger partial charge in [0.1, 0.15) is 11.6 Å². The lowest BCUT2D eigenvalue weighted by Gasteiger charge is -2.30. The van der Waals surface area contributed by atoms with E-state index in [1.165, 1.54) is 0 Å². The van der Waals surface area contributed by atoms with Gasteiger partial charge in [-0.05, 0) is 50.2 Å². The van der Waals surface area contributed by atoms with Crippen molar-refractivity contribution in [3.05, 3.63) is 90.9 Å². The van der Waals surface area contributed by atoms with E-state index in [1.54, 1.807) is 17.0 Å². The van der Waals surface area contributed by atoms with E-state index in [9.17, 15) is 9.59 Å². The van der Waals surface area contributed by atoms with Crippen LogP contribution in [-0.4, -0.2) is 46.1 Å². The summed E-state index contributed by atoms with van der Waals surface area (Å²) >= 11 is 0. The average Bonchev–Trinajstić information content (AvgIpc) is 3.59. The minimum atomic E-state index is -0.104. The van der Waals surface area contributed by atoms with Gasteiger partial charge in [0, 0.05) is 17.5 Å². The summed E-state index contributed by atoms with van der Waals surface area (Å²) in [6, 6.07) is 25.2. The first-order valence-electron chi connectivity index (χ1n) is 12.2. The normalized spacial score (nSPS) is 14.4. The molecule has 3 heterocycles. The smallest absolute Gasteiger partial charge is 0.239 e. The number of hydrogen-bond donors (Lipinski definition) is 2. The third kappa shape index (κ3) is 5.72. The molecule has 0 spiro atoms. The van der Waals surface area contributed by atoms with Crippen molar-refractivity contribution in [3.8, 4) is 16.9 Å². The van der Waals surface area contributed by atoms with Gasteiger partial charge in [-0.15, -0.1) is 0 Å². The summed E-state index contributed by atoms with van der Waals surface area (Å²) in [5, 5.41) is 10.7. The second-order valence-corrected chi connectivity index (χ2v) is 8.92. The van der Waals surface area contributed by atoms with Gasteiger partial charge in [0.25, 0.3) is 0 Å². The summed E-state index contributed by atoms with van der Waals surface area (Å²) < 4.78 is 7.03. The van der Waals surface area contributed by atoms with E-state index in [-0.39, 0.29) is 24.3 Å². The van der Waals surface area contributed by atoms with Gasteiger partial charge in [0.15, 0.2) is 0 Å². The Labute approximate surface area is 209 Å². The van der Waals surface area contributed by atoms with Crippen molar-refractivity contribution in [1.29, 1.82) is 0 Å². The number of carbonyl (C=O) groups is 2. The lowest BCUT2D eigenvalue weighted by molar-refractivity contribution is -0.126. The number of piperidine rings is 1. The number of hydrogen-bond acceptors (Lipinski definition) is 5. The molecule has 0 saturated carbocycles. The summed E-state index contributed by atoms with van der Waals surface area (Å²) in [4.78, 5) is 27.6. The van der Waals surface area contributed by atoms with Crippen LogP contribution < -0.4 is 10.6 Å². The molecule has 0 aliphatic carbocycles. The van der Waals surface area contributed by atoms with E-state index >= 15 is 0 Å². The number of amides is 2. The number of benzene rings is 2. The van der Waals surface area contributed by atoms with E-state index in [0.29, 0.717) is 25.5 Å². The number of aromatic nitrogens is 2. The summed E-state index contributed by atoms with van der Waals surface area (Å²) in [6.45, 7) is 2.05. The molecule has 36 heavy (non-hydrogen) atoms. The molecule has 2 N–H and O–H groups in total. The highest BCUT2D eigenvalue weighted by molar-refractivity contribution is 5.92. The van der Waals surface area contributed by atoms with Crippen molar-refractivity contribution in [3.63, 3.8) is 0 Å². The third-order valence-corrected chi connectivity index (χ3v) is 6.39. The van der Waals surface area contributed by atoms with Crippen molar-refractivity contribution in [2.75, 3.05) is 25.0 Å². The molecule has 1 aliphatic rings. The number of nitrogens with zero attached hydrogens (tertiary/aromatic N) is 3. The number of rotatable bonds is 8. The number of anilines is 1. The number of carbonyl (C=O) groups excluding carboxylic acids is 2. The SMILES string of the molecule is O=C(CN1CCC(C(=O)NCc2ccco2)CC1)Nc1cc(-c2ccccc2)nn1-c1ccccc1. The fourth-order valence-electron chi connectivity index (χ4n) is 4.46. The first-order valence-corrected chi connectivity index (χ1v) is 12.2. The van der Waals surface area contributed by atoms with E-state index in [0.717, 1.165) is 35.5 Å². The van der Waals surface area contributed by atoms with Crippen molar-refractivity contribution < 1.29 is 14.0 Å². The summed E-state index contributed by atoms with van der Waals surface area (Å²) in [7, 11) is 0. The highest BCUT2D eigenvalue weighted by atomic mass is 16.3. The molecule has 2 aromatic heterocycles. The number of nitrogens with one attached hydrogen (secondary N) is 2. The second kappa shape index (κ2) is 11.0. The zero-order valence-corrected chi connectivity index (χ0v) is 20.0. The molecule has 184 valence electrons. The topological polar surface area (TPSA) is 92.4 Å². The Morgan fingerprint density at radius 1 is 0.944 bits per heavy atom. The Kier molecular flexibility index (Phi) is 7.23. The summed E-state index contributed by atoms with van der Waals surface area (Å²) in [5.41, 5.74) is 2.64. The minimum Gasteiger partial charge on any atom is -0.467 e. The van der Waals surface area contributed by atoms with Crippen LogP contribution >= 0.6 is 0 Å². The van der Waals surface area contributed by atoms with Crippen LogP contribution in [0.1, 0.15) is 18.6 Å². The van der Waals surface area contributed by atoms with Crippen LogP contribution in [0.25, 0.3) is 16.9 Å². The highest BCUT2D eigenvalue weighted by Crippen LogP contribution is 2.25. The molecule has 0 unspecified atom stereocenters. The summed E-state index contributed by atoms with van der Waals surface area (Å²) in [6.07, 6.45) is 3.04. The van der Waals surface area contributed by atoms with Gasteiger partial charge in [0.05, 0.1) is 30.7 Å². The zero-order chi connectivity index (χ0) is 24.7. The van der Waals surface area contributed by atoms with Crippen LogP contribution in [0.4, 0.5) is 5.82 Å². The van der Waals surface area contributed by atoms with Crippen molar-refractivity contribution >= 4 is 17.6 Å². The molecule has 8 nitrogen and oxygen atoms in total. The van der Waals surface area contributed by atoms with Crippen LogP contribution in [0.15, 0.2) is 89.5 Å². The highest BCUT2D eigenvalue weighted by Gasteiger charge is 2.26. The largest absolute Gasteiger partial charge is 0.467 e. The van der Waals surface area contributed by atoms with Gasteiger partial charge < -0.3 is 15.1 Å². The maximum Gasteiger partial charge on any atom is 0.239 e. The van der Waals surface area contributed by atoms with Crippen LogP contribution in [0, 0.1) is 5.92 Å². The van der Waals surface area contributed by atoms with E-state index in [2.05, 4.69) is 15.5 Å². The van der Waals surface area contributed by atoms with Crippen molar-refractivity contribution in [2.24, 2.45) is 5.92 Å². The predicted molar refractivity (Wildman–Crippen MR) is 137 cm³/mol. The van der Waals surface area contributed by atoms with E-state index < -0.39 is 0 Å². The zero-order valence-electron chi connectivity index (χ0n) is 20.0. The van der Waals surface area contributed by atoms with Gasteiger partial charge in [0.2, 0.25) is 11.8 Å². The molecule has 4 aromatic rings. The molecule has 0 atom stereocenters. The Morgan fingerprint density at radius 3 is 2.36 bits per heavy atom. The number of para-hydroxylation sites is 1.